The zero-order chi connectivity index (χ0) is 25.2. The van der Waals surface area contributed by atoms with E-state index >= 15 is 0 Å². The van der Waals surface area contributed by atoms with Gasteiger partial charge in [0.25, 0.3) is 0 Å². The molecule has 6 nitrogen and oxygen atoms in total. The first-order valence-electron chi connectivity index (χ1n) is 12.2. The topological polar surface area (TPSA) is 75.5 Å². The van der Waals surface area contributed by atoms with Gasteiger partial charge in [-0.05, 0) is 79.1 Å². The number of hydrogen-bond acceptors (Lipinski definition) is 5. The summed E-state index contributed by atoms with van der Waals surface area (Å²) in [6.07, 6.45) is 3.90. The highest BCUT2D eigenvalue weighted by Crippen LogP contribution is 2.35. The number of rotatable bonds is 6. The zero-order valence-corrected chi connectivity index (χ0v) is 20.8. The van der Waals surface area contributed by atoms with Crippen molar-refractivity contribution in [2.24, 2.45) is 0 Å². The van der Waals surface area contributed by atoms with E-state index in [2.05, 4.69) is 35.0 Å². The minimum absolute atomic E-state index is 0.352. The Labute approximate surface area is 210 Å². The number of hydrogen-bond donors (Lipinski definition) is 1. The van der Waals surface area contributed by atoms with E-state index in [0.29, 0.717) is 36.2 Å². The van der Waals surface area contributed by atoms with Crippen LogP contribution in [0.15, 0.2) is 60.8 Å². The van der Waals surface area contributed by atoms with Crippen LogP contribution in [0.2, 0.25) is 0 Å². The molecular weight excluding hydrogens is 450 g/mol. The fraction of sp³-hybridized carbons (Fsp3) is 0.233. The minimum Gasteiger partial charge on any atom is -0.487 e. The normalized spacial score (nSPS) is 14.7. The Hall–Kier alpha value is -4.03. The summed E-state index contributed by atoms with van der Waals surface area (Å²) in [5, 5.41) is 10.8. The van der Waals surface area contributed by atoms with Gasteiger partial charge in [0.2, 0.25) is 0 Å². The van der Waals surface area contributed by atoms with Gasteiger partial charge in [-0.25, -0.2) is 9.78 Å². The lowest BCUT2D eigenvalue weighted by molar-refractivity contribution is 0.0696. The molecule has 0 atom stereocenters. The monoisotopic (exact) mass is 479 g/mol. The largest absolute Gasteiger partial charge is 0.487 e. The third kappa shape index (κ3) is 4.60. The zero-order valence-electron chi connectivity index (χ0n) is 20.8. The molecule has 0 fully saturated rings. The van der Waals surface area contributed by atoms with Crippen LogP contribution >= 0.6 is 0 Å². The van der Waals surface area contributed by atoms with Gasteiger partial charge in [0.05, 0.1) is 22.5 Å². The summed E-state index contributed by atoms with van der Waals surface area (Å²) in [6.45, 7) is 8.71. The lowest BCUT2D eigenvalue weighted by Gasteiger charge is -2.30. The molecule has 182 valence electrons. The predicted octanol–water partition coefficient (Wildman–Crippen LogP) is 5.90. The summed E-state index contributed by atoms with van der Waals surface area (Å²) >= 11 is 0. The van der Waals surface area contributed by atoms with E-state index in [4.69, 9.17) is 9.72 Å². The van der Waals surface area contributed by atoms with Gasteiger partial charge in [-0.2, -0.15) is 0 Å². The Kier molecular flexibility index (Phi) is 6.53. The molecule has 0 saturated heterocycles. The molecule has 1 aliphatic rings. The van der Waals surface area contributed by atoms with Crippen molar-refractivity contribution in [1.82, 2.24) is 14.9 Å². The van der Waals surface area contributed by atoms with E-state index in [1.165, 1.54) is 0 Å². The van der Waals surface area contributed by atoms with Crippen LogP contribution in [0.25, 0.3) is 22.6 Å². The van der Waals surface area contributed by atoms with Crippen molar-refractivity contribution in [2.45, 2.75) is 33.9 Å². The maximum atomic E-state index is 12.4. The maximum absolute atomic E-state index is 12.4. The number of benzene rings is 2. The molecule has 2 aromatic heterocycles. The Morgan fingerprint density at radius 1 is 1.08 bits per heavy atom. The number of para-hydroxylation sites is 1. The average Bonchev–Trinajstić information content (AvgIpc) is 2.87. The van der Waals surface area contributed by atoms with Gasteiger partial charge in [0.15, 0.2) is 0 Å². The fourth-order valence-electron chi connectivity index (χ4n) is 4.97. The number of pyridine rings is 2. The summed E-state index contributed by atoms with van der Waals surface area (Å²) < 4.78 is 6.11. The SMILES string of the molecule is CCN1C/C(=C\c2cc(C)c(OCc3ccccn3)c(C)c2)c2nc3ccccc3c(C(=O)O)c2C1. The molecule has 0 saturated carbocycles. The van der Waals surface area contributed by atoms with Gasteiger partial charge in [0.1, 0.15) is 12.4 Å². The Morgan fingerprint density at radius 3 is 2.53 bits per heavy atom. The molecule has 3 heterocycles. The first kappa shape index (κ1) is 23.7. The first-order chi connectivity index (χ1) is 17.4. The second-order valence-corrected chi connectivity index (χ2v) is 9.20. The summed E-state index contributed by atoms with van der Waals surface area (Å²) in [5.41, 5.74) is 7.64. The second kappa shape index (κ2) is 9.91. The van der Waals surface area contributed by atoms with Gasteiger partial charge < -0.3 is 9.84 Å². The Balaban J connectivity index is 1.56. The number of likely N-dealkylation sites (N-methyl/N-ethyl adjacent to an activating group) is 1. The molecule has 0 unspecified atom stereocenters. The number of ether oxygens (including phenoxy) is 1. The molecular formula is C30H29N3O3. The molecule has 0 spiro atoms. The van der Waals surface area contributed by atoms with Crippen molar-refractivity contribution in [3.05, 3.63) is 100.0 Å². The van der Waals surface area contributed by atoms with Gasteiger partial charge in [-0.3, -0.25) is 9.88 Å². The van der Waals surface area contributed by atoms with Gasteiger partial charge in [-0.1, -0.05) is 31.2 Å². The molecule has 0 bridgehead atoms. The van der Waals surface area contributed by atoms with Crippen molar-refractivity contribution >= 4 is 28.5 Å². The predicted molar refractivity (Wildman–Crippen MR) is 142 cm³/mol. The van der Waals surface area contributed by atoms with Crippen LogP contribution in [-0.2, 0) is 13.2 Å². The molecule has 1 N–H and O–H groups in total. The maximum Gasteiger partial charge on any atom is 0.336 e. The highest BCUT2D eigenvalue weighted by molar-refractivity contribution is 6.06. The first-order valence-corrected chi connectivity index (χ1v) is 12.2. The van der Waals surface area contributed by atoms with E-state index in [1.807, 2.05) is 56.3 Å². The quantitative estimate of drug-likeness (QED) is 0.371. The van der Waals surface area contributed by atoms with E-state index in [0.717, 1.165) is 51.5 Å². The second-order valence-electron chi connectivity index (χ2n) is 9.20. The number of aromatic nitrogens is 2. The number of carboxylic acids is 1. The van der Waals surface area contributed by atoms with Crippen molar-refractivity contribution in [1.29, 1.82) is 0 Å². The summed E-state index contributed by atoms with van der Waals surface area (Å²) in [7, 11) is 0. The van der Waals surface area contributed by atoms with Crippen LogP contribution in [0.4, 0.5) is 0 Å². The highest BCUT2D eigenvalue weighted by Gasteiger charge is 2.28. The summed E-state index contributed by atoms with van der Waals surface area (Å²) in [5.74, 6) is -0.0532. The molecule has 5 rings (SSSR count). The lowest BCUT2D eigenvalue weighted by Crippen LogP contribution is -2.31. The number of aromatic carboxylic acids is 1. The third-order valence-corrected chi connectivity index (χ3v) is 6.65. The van der Waals surface area contributed by atoms with Crippen LogP contribution in [0.3, 0.4) is 0 Å². The molecule has 0 aliphatic carbocycles. The van der Waals surface area contributed by atoms with E-state index in [9.17, 15) is 9.90 Å². The summed E-state index contributed by atoms with van der Waals surface area (Å²) in [4.78, 5) is 23.9. The van der Waals surface area contributed by atoms with Crippen molar-refractivity contribution in [2.75, 3.05) is 13.1 Å². The highest BCUT2D eigenvalue weighted by atomic mass is 16.5. The molecule has 1 aliphatic heterocycles. The average molecular weight is 480 g/mol. The standard InChI is InChI=1S/C30H29N3O3/c1-4-33-16-22(28-25(17-33)27(30(34)35)24-10-5-6-11-26(24)32-28)15-21-13-19(2)29(20(3)14-21)36-18-23-9-7-8-12-31-23/h5-15H,4,16-18H2,1-3H3,(H,34,35)/b22-15+. The van der Waals surface area contributed by atoms with E-state index in [-0.39, 0.29) is 0 Å². The Morgan fingerprint density at radius 2 is 1.83 bits per heavy atom. The van der Waals surface area contributed by atoms with Gasteiger partial charge in [0, 0.05) is 30.2 Å². The number of aryl methyl sites for hydroxylation is 2. The van der Waals surface area contributed by atoms with Crippen LogP contribution in [0.5, 0.6) is 5.75 Å². The molecule has 0 radical (unpaired) electrons. The third-order valence-electron chi connectivity index (χ3n) is 6.65. The molecule has 2 aromatic carbocycles. The van der Waals surface area contributed by atoms with E-state index < -0.39 is 5.97 Å². The molecule has 4 aromatic rings. The van der Waals surface area contributed by atoms with Crippen LogP contribution in [0, 0.1) is 13.8 Å². The van der Waals surface area contributed by atoms with Gasteiger partial charge in [-0.15, -0.1) is 0 Å². The molecule has 6 heteroatoms. The smallest absolute Gasteiger partial charge is 0.336 e. The number of carboxylic acid groups (broad SMARTS) is 1. The van der Waals surface area contributed by atoms with Gasteiger partial charge >= 0.3 is 5.97 Å². The minimum atomic E-state index is -0.914. The number of nitrogens with zero attached hydrogens (tertiary/aromatic N) is 3. The van der Waals surface area contributed by atoms with Crippen molar-refractivity contribution in [3.8, 4) is 5.75 Å². The summed E-state index contributed by atoms with van der Waals surface area (Å²) in [6, 6.07) is 17.5. The number of fused-ring (bicyclic) bond motifs is 2. The molecule has 0 amide bonds. The Bertz CT molecular complexity index is 1460. The van der Waals surface area contributed by atoms with Crippen LogP contribution in [-0.4, -0.2) is 39.0 Å². The number of carbonyl (C=O) groups is 1. The lowest BCUT2D eigenvalue weighted by atomic mass is 9.91. The molecule has 36 heavy (non-hydrogen) atoms. The van der Waals surface area contributed by atoms with Crippen LogP contribution in [0.1, 0.15) is 50.9 Å². The van der Waals surface area contributed by atoms with Crippen molar-refractivity contribution in [3.63, 3.8) is 0 Å². The fourth-order valence-corrected chi connectivity index (χ4v) is 4.97. The van der Waals surface area contributed by atoms with Crippen molar-refractivity contribution < 1.29 is 14.6 Å². The van der Waals surface area contributed by atoms with Crippen LogP contribution < -0.4 is 4.74 Å². The van der Waals surface area contributed by atoms with E-state index in [1.54, 1.807) is 6.20 Å².